The smallest absolute Gasteiger partial charge is 0.179 e. The summed E-state index contributed by atoms with van der Waals surface area (Å²) < 4.78 is 5.95. The van der Waals surface area contributed by atoms with Crippen LogP contribution >= 0.6 is 0 Å². The predicted molar refractivity (Wildman–Crippen MR) is 77.6 cm³/mol. The normalized spacial score (nSPS) is 17.6. The van der Waals surface area contributed by atoms with E-state index in [-0.39, 0.29) is 11.4 Å². The maximum absolute atomic E-state index is 12.2. The predicted octanol–water partition coefficient (Wildman–Crippen LogP) is 3.02. The van der Waals surface area contributed by atoms with Gasteiger partial charge >= 0.3 is 0 Å². The highest BCUT2D eigenvalue weighted by Gasteiger charge is 2.26. The van der Waals surface area contributed by atoms with Gasteiger partial charge in [-0.25, -0.2) is 0 Å². The Labute approximate surface area is 114 Å². The summed E-state index contributed by atoms with van der Waals surface area (Å²) in [5.41, 5.74) is 8.99. The second-order valence-electron chi connectivity index (χ2n) is 5.80. The van der Waals surface area contributed by atoms with Crippen LogP contribution in [-0.4, -0.2) is 17.4 Å². The Morgan fingerprint density at radius 2 is 2.00 bits per heavy atom. The van der Waals surface area contributed by atoms with Gasteiger partial charge in [-0.1, -0.05) is 6.08 Å². The SMILES string of the molecule is Cc1cc2c(c(C)c1C(=O)C(C)N)C=CC(C)(C)O2. The highest BCUT2D eigenvalue weighted by Crippen LogP contribution is 2.36. The molecule has 0 amide bonds. The molecule has 1 aromatic rings. The van der Waals surface area contributed by atoms with E-state index in [0.717, 1.165) is 28.0 Å². The number of hydrogen-bond donors (Lipinski definition) is 1. The van der Waals surface area contributed by atoms with E-state index in [9.17, 15) is 4.79 Å². The number of nitrogens with two attached hydrogens (primary N) is 1. The van der Waals surface area contributed by atoms with Crippen LogP contribution in [-0.2, 0) is 0 Å². The average molecular weight is 259 g/mol. The molecule has 0 aromatic heterocycles. The molecule has 1 atom stereocenters. The number of ether oxygens (including phenoxy) is 1. The molecule has 1 aliphatic rings. The average Bonchev–Trinajstić information content (AvgIpc) is 2.26. The lowest BCUT2D eigenvalue weighted by Crippen LogP contribution is -2.30. The largest absolute Gasteiger partial charge is 0.483 e. The van der Waals surface area contributed by atoms with Crippen LogP contribution in [0, 0.1) is 13.8 Å². The van der Waals surface area contributed by atoms with Crippen molar-refractivity contribution >= 4 is 11.9 Å². The first-order valence-electron chi connectivity index (χ1n) is 6.55. The summed E-state index contributed by atoms with van der Waals surface area (Å²) in [6.45, 7) is 9.62. The molecule has 1 aliphatic heterocycles. The van der Waals surface area contributed by atoms with Crippen molar-refractivity contribution in [3.8, 4) is 5.75 Å². The Morgan fingerprint density at radius 1 is 1.37 bits per heavy atom. The zero-order valence-corrected chi connectivity index (χ0v) is 12.2. The molecule has 0 spiro atoms. The number of rotatable bonds is 2. The second kappa shape index (κ2) is 4.49. The lowest BCUT2D eigenvalue weighted by molar-refractivity contribution is 0.0966. The maximum Gasteiger partial charge on any atom is 0.179 e. The number of ketones is 1. The number of carbonyl (C=O) groups is 1. The molecule has 1 unspecified atom stereocenters. The fourth-order valence-electron chi connectivity index (χ4n) is 2.46. The van der Waals surface area contributed by atoms with Gasteiger partial charge in [0.25, 0.3) is 0 Å². The van der Waals surface area contributed by atoms with E-state index in [0.29, 0.717) is 0 Å². The molecule has 2 rings (SSSR count). The Balaban J connectivity index is 2.61. The van der Waals surface area contributed by atoms with E-state index >= 15 is 0 Å². The number of Topliss-reactive ketones (excluding diaryl/α,β-unsaturated/α-hetero) is 1. The van der Waals surface area contributed by atoms with Crippen LogP contribution in [0.15, 0.2) is 12.1 Å². The number of carbonyl (C=O) groups excluding carboxylic acids is 1. The third kappa shape index (κ3) is 2.43. The van der Waals surface area contributed by atoms with Gasteiger partial charge in [0.1, 0.15) is 11.4 Å². The van der Waals surface area contributed by atoms with Crippen molar-refractivity contribution in [2.75, 3.05) is 0 Å². The first-order chi connectivity index (χ1) is 8.73. The van der Waals surface area contributed by atoms with Crippen molar-refractivity contribution < 1.29 is 9.53 Å². The zero-order valence-electron chi connectivity index (χ0n) is 12.2. The molecule has 0 aliphatic carbocycles. The molecule has 102 valence electrons. The van der Waals surface area contributed by atoms with Crippen LogP contribution < -0.4 is 10.5 Å². The molecule has 0 bridgehead atoms. The number of aryl methyl sites for hydroxylation is 1. The number of fused-ring (bicyclic) bond motifs is 1. The molecule has 0 radical (unpaired) electrons. The van der Waals surface area contributed by atoms with Crippen LogP contribution in [0.4, 0.5) is 0 Å². The van der Waals surface area contributed by atoms with Crippen molar-refractivity contribution in [3.63, 3.8) is 0 Å². The molecule has 2 N–H and O–H groups in total. The number of hydrogen-bond acceptors (Lipinski definition) is 3. The quantitative estimate of drug-likeness (QED) is 0.831. The molecular formula is C16H21NO2. The molecule has 3 heteroatoms. The summed E-state index contributed by atoms with van der Waals surface area (Å²) in [6, 6.07) is 1.45. The highest BCUT2D eigenvalue weighted by atomic mass is 16.5. The molecule has 1 aromatic carbocycles. The minimum atomic E-state index is -0.486. The molecular weight excluding hydrogens is 238 g/mol. The highest BCUT2D eigenvalue weighted by molar-refractivity contribution is 6.03. The van der Waals surface area contributed by atoms with Crippen LogP contribution in [0.1, 0.15) is 47.8 Å². The summed E-state index contributed by atoms with van der Waals surface area (Å²) >= 11 is 0. The van der Waals surface area contributed by atoms with Gasteiger partial charge in [0.15, 0.2) is 5.78 Å². The van der Waals surface area contributed by atoms with Crippen molar-refractivity contribution in [3.05, 3.63) is 34.4 Å². The molecule has 1 heterocycles. The Bertz CT molecular complexity index is 569. The molecule has 3 nitrogen and oxygen atoms in total. The van der Waals surface area contributed by atoms with Crippen molar-refractivity contribution in [1.82, 2.24) is 0 Å². The summed E-state index contributed by atoms with van der Waals surface area (Å²) in [6.07, 6.45) is 4.05. The fraction of sp³-hybridized carbons (Fsp3) is 0.438. The minimum absolute atomic E-state index is 0.0176. The lowest BCUT2D eigenvalue weighted by Gasteiger charge is -2.30. The Morgan fingerprint density at radius 3 is 2.58 bits per heavy atom. The fourth-order valence-corrected chi connectivity index (χ4v) is 2.46. The van der Waals surface area contributed by atoms with Crippen LogP contribution in [0.2, 0.25) is 0 Å². The molecule has 0 fully saturated rings. The third-order valence-corrected chi connectivity index (χ3v) is 3.47. The minimum Gasteiger partial charge on any atom is -0.483 e. The van der Waals surface area contributed by atoms with Gasteiger partial charge in [-0.3, -0.25) is 4.79 Å². The third-order valence-electron chi connectivity index (χ3n) is 3.47. The van der Waals surface area contributed by atoms with Gasteiger partial charge in [0.2, 0.25) is 0 Å². The Hall–Kier alpha value is -1.61. The molecule has 0 saturated heterocycles. The van der Waals surface area contributed by atoms with Crippen molar-refractivity contribution in [1.29, 1.82) is 0 Å². The first kappa shape index (κ1) is 13.8. The first-order valence-corrected chi connectivity index (χ1v) is 6.55. The van der Waals surface area contributed by atoms with E-state index in [1.165, 1.54) is 0 Å². The summed E-state index contributed by atoms with van der Waals surface area (Å²) in [4.78, 5) is 12.2. The maximum atomic E-state index is 12.2. The summed E-state index contributed by atoms with van der Waals surface area (Å²) in [5, 5.41) is 0. The van der Waals surface area contributed by atoms with Gasteiger partial charge in [-0.2, -0.15) is 0 Å². The van der Waals surface area contributed by atoms with E-state index in [4.69, 9.17) is 10.5 Å². The topological polar surface area (TPSA) is 52.3 Å². The lowest BCUT2D eigenvalue weighted by atomic mass is 9.89. The van der Waals surface area contributed by atoms with Gasteiger partial charge in [-0.15, -0.1) is 0 Å². The van der Waals surface area contributed by atoms with Gasteiger partial charge < -0.3 is 10.5 Å². The molecule has 19 heavy (non-hydrogen) atoms. The van der Waals surface area contributed by atoms with E-state index in [2.05, 4.69) is 0 Å². The van der Waals surface area contributed by atoms with Gasteiger partial charge in [-0.05, 0) is 57.9 Å². The summed E-state index contributed by atoms with van der Waals surface area (Å²) in [5.74, 6) is 0.819. The standard InChI is InChI=1S/C16H21NO2/c1-9-8-13-12(6-7-16(4,5)19-13)10(2)14(9)15(18)11(3)17/h6-8,11H,17H2,1-5H3. The van der Waals surface area contributed by atoms with Crippen LogP contribution in [0.5, 0.6) is 5.75 Å². The Kier molecular flexibility index (Phi) is 3.27. The second-order valence-corrected chi connectivity index (χ2v) is 5.80. The van der Waals surface area contributed by atoms with E-state index < -0.39 is 6.04 Å². The molecule has 0 saturated carbocycles. The van der Waals surface area contributed by atoms with Gasteiger partial charge in [0.05, 0.1) is 6.04 Å². The number of benzene rings is 1. The van der Waals surface area contributed by atoms with Crippen LogP contribution in [0.3, 0.4) is 0 Å². The van der Waals surface area contributed by atoms with Crippen molar-refractivity contribution in [2.24, 2.45) is 5.73 Å². The summed E-state index contributed by atoms with van der Waals surface area (Å²) in [7, 11) is 0. The van der Waals surface area contributed by atoms with E-state index in [1.54, 1.807) is 6.92 Å². The zero-order chi connectivity index (χ0) is 14.4. The monoisotopic (exact) mass is 259 g/mol. The van der Waals surface area contributed by atoms with E-state index in [1.807, 2.05) is 45.9 Å². The van der Waals surface area contributed by atoms with Crippen molar-refractivity contribution in [2.45, 2.75) is 46.3 Å². The van der Waals surface area contributed by atoms with Gasteiger partial charge in [0, 0.05) is 11.1 Å². The van der Waals surface area contributed by atoms with Crippen LogP contribution in [0.25, 0.3) is 6.08 Å².